The van der Waals surface area contributed by atoms with Crippen LogP contribution in [0.1, 0.15) is 45.1 Å². The van der Waals surface area contributed by atoms with Crippen LogP contribution in [0.5, 0.6) is 5.75 Å². The van der Waals surface area contributed by atoms with E-state index < -0.39 is 10.0 Å². The fourth-order valence-electron chi connectivity index (χ4n) is 4.98. The Hall–Kier alpha value is -3.53. The molecule has 0 amide bonds. The smallest absolute Gasteiger partial charge is 0.243 e. The second-order valence-corrected chi connectivity index (χ2v) is 13.1. The third-order valence-corrected chi connectivity index (χ3v) is 9.42. The van der Waals surface area contributed by atoms with E-state index in [0.29, 0.717) is 36.9 Å². The van der Waals surface area contributed by atoms with Crippen LogP contribution < -0.4 is 10.1 Å². The van der Waals surface area contributed by atoms with Gasteiger partial charge in [-0.05, 0) is 54.3 Å². The average molecular weight is 560 g/mol. The number of benzene rings is 3. The summed E-state index contributed by atoms with van der Waals surface area (Å²) in [6.45, 7) is 10.4. The number of nitrogens with zero attached hydrogens (tertiary/aromatic N) is 4. The summed E-state index contributed by atoms with van der Waals surface area (Å²) < 4.78 is 33.7. The summed E-state index contributed by atoms with van der Waals surface area (Å²) in [6, 6.07) is 22.9. The molecule has 8 nitrogen and oxygen atoms in total. The first-order valence-corrected chi connectivity index (χ1v) is 15.0. The molecule has 1 saturated heterocycles. The average Bonchev–Trinajstić information content (AvgIpc) is 2.96. The van der Waals surface area contributed by atoms with Gasteiger partial charge in [0.15, 0.2) is 0 Å². The second-order valence-electron chi connectivity index (χ2n) is 11.2. The van der Waals surface area contributed by atoms with Crippen LogP contribution in [-0.2, 0) is 15.4 Å². The maximum Gasteiger partial charge on any atom is 0.243 e. The molecule has 1 N–H and O–H groups in total. The van der Waals surface area contributed by atoms with Crippen LogP contribution in [0, 0.1) is 0 Å². The minimum atomic E-state index is -3.56. The standard InChI is InChI=1S/C31H37N5O3S/c1-22(35-17-19-36(20-18-35)40(37,38)26-15-13-23(14-16-26)31(2,3)4)29-33-28-12-7-6-11-27(28)30(34-29)32-24-9-8-10-25(21-24)39-5/h6-16,21-22H,17-20H2,1-5H3,(H,32,33,34). The lowest BCUT2D eigenvalue weighted by molar-refractivity contribution is 0.141. The van der Waals surface area contributed by atoms with Gasteiger partial charge in [0.05, 0.1) is 23.6 Å². The van der Waals surface area contributed by atoms with Gasteiger partial charge in [-0.25, -0.2) is 18.4 Å². The number of piperazine rings is 1. The Kier molecular flexibility index (Phi) is 7.81. The molecule has 210 valence electrons. The summed E-state index contributed by atoms with van der Waals surface area (Å²) in [6.07, 6.45) is 0. The Balaban J connectivity index is 1.33. The van der Waals surface area contributed by atoms with E-state index in [-0.39, 0.29) is 11.5 Å². The largest absolute Gasteiger partial charge is 0.497 e. The molecule has 0 aliphatic carbocycles. The van der Waals surface area contributed by atoms with Gasteiger partial charge < -0.3 is 10.1 Å². The lowest BCUT2D eigenvalue weighted by Gasteiger charge is -2.37. The van der Waals surface area contributed by atoms with Gasteiger partial charge in [-0.2, -0.15) is 4.31 Å². The lowest BCUT2D eigenvalue weighted by atomic mass is 9.87. The van der Waals surface area contributed by atoms with Crippen molar-refractivity contribution in [3.63, 3.8) is 0 Å². The summed E-state index contributed by atoms with van der Waals surface area (Å²) in [5.74, 6) is 2.17. The van der Waals surface area contributed by atoms with Crippen LogP contribution >= 0.6 is 0 Å². The van der Waals surface area contributed by atoms with Crippen molar-refractivity contribution in [1.82, 2.24) is 19.2 Å². The van der Waals surface area contributed by atoms with Gasteiger partial charge in [0.2, 0.25) is 10.0 Å². The zero-order valence-corrected chi connectivity index (χ0v) is 24.6. The summed E-state index contributed by atoms with van der Waals surface area (Å²) in [4.78, 5) is 12.4. The SMILES string of the molecule is COc1cccc(Nc2nc(C(C)N3CCN(S(=O)(=O)c4ccc(C(C)(C)C)cc4)CC3)nc3ccccc23)c1. The molecule has 1 aromatic heterocycles. The predicted octanol–water partition coefficient (Wildman–Crippen LogP) is 5.75. The molecular formula is C31H37N5O3S. The number of methoxy groups -OCH3 is 1. The van der Waals surface area contributed by atoms with Crippen LogP contribution in [0.4, 0.5) is 11.5 Å². The monoisotopic (exact) mass is 559 g/mol. The molecule has 4 aromatic rings. The molecule has 1 aliphatic heterocycles. The summed E-state index contributed by atoms with van der Waals surface area (Å²) >= 11 is 0. The Morgan fingerprint density at radius 1 is 0.900 bits per heavy atom. The molecule has 3 aromatic carbocycles. The number of ether oxygens (including phenoxy) is 1. The van der Waals surface area contributed by atoms with E-state index in [1.54, 1.807) is 23.5 Å². The Morgan fingerprint density at radius 3 is 2.27 bits per heavy atom. The van der Waals surface area contributed by atoms with Crippen LogP contribution in [0.15, 0.2) is 77.7 Å². The van der Waals surface area contributed by atoms with Gasteiger partial charge in [-0.1, -0.05) is 51.1 Å². The van der Waals surface area contributed by atoms with Crippen LogP contribution in [0.25, 0.3) is 10.9 Å². The molecule has 1 atom stereocenters. The van der Waals surface area contributed by atoms with Crippen LogP contribution in [0.3, 0.4) is 0 Å². The third-order valence-electron chi connectivity index (χ3n) is 7.51. The molecule has 0 spiro atoms. The highest BCUT2D eigenvalue weighted by molar-refractivity contribution is 7.89. The third kappa shape index (κ3) is 5.82. The topological polar surface area (TPSA) is 87.7 Å². The highest BCUT2D eigenvalue weighted by Gasteiger charge is 2.31. The van der Waals surface area contributed by atoms with E-state index >= 15 is 0 Å². The Labute approximate surface area is 237 Å². The molecule has 1 fully saturated rings. The molecule has 40 heavy (non-hydrogen) atoms. The van der Waals surface area contributed by atoms with Gasteiger partial charge in [-0.3, -0.25) is 4.90 Å². The summed E-state index contributed by atoms with van der Waals surface area (Å²) in [5, 5.41) is 4.37. The number of nitrogens with one attached hydrogen (secondary N) is 1. The maximum atomic E-state index is 13.4. The van der Waals surface area contributed by atoms with Crippen LogP contribution in [0.2, 0.25) is 0 Å². The van der Waals surface area contributed by atoms with Crippen molar-refractivity contribution in [3.05, 3.63) is 84.2 Å². The van der Waals surface area contributed by atoms with Gasteiger partial charge in [-0.15, -0.1) is 0 Å². The first-order valence-electron chi connectivity index (χ1n) is 13.6. The van der Waals surface area contributed by atoms with Crippen molar-refractivity contribution >= 4 is 32.4 Å². The first kappa shape index (κ1) is 28.0. The van der Waals surface area contributed by atoms with Crippen molar-refractivity contribution in [3.8, 4) is 5.75 Å². The van der Waals surface area contributed by atoms with E-state index in [1.807, 2.05) is 60.7 Å². The molecule has 0 radical (unpaired) electrons. The number of aromatic nitrogens is 2. The number of para-hydroxylation sites is 1. The van der Waals surface area contributed by atoms with Gasteiger partial charge in [0, 0.05) is 43.3 Å². The van der Waals surface area contributed by atoms with E-state index in [0.717, 1.165) is 33.7 Å². The molecule has 1 aliphatic rings. The highest BCUT2D eigenvalue weighted by atomic mass is 32.2. The number of fused-ring (bicyclic) bond motifs is 1. The van der Waals surface area contributed by atoms with E-state index in [1.165, 1.54) is 0 Å². The van der Waals surface area contributed by atoms with Crippen LogP contribution in [-0.4, -0.2) is 60.9 Å². The fourth-order valence-corrected chi connectivity index (χ4v) is 6.41. The Bertz CT molecular complexity index is 1590. The number of rotatable bonds is 7. The molecular weight excluding hydrogens is 522 g/mol. The quantitative estimate of drug-likeness (QED) is 0.309. The van der Waals surface area contributed by atoms with E-state index in [4.69, 9.17) is 14.7 Å². The molecule has 0 saturated carbocycles. The molecule has 5 rings (SSSR count). The summed E-state index contributed by atoms with van der Waals surface area (Å²) in [5.41, 5.74) is 2.81. The first-order chi connectivity index (χ1) is 19.1. The summed E-state index contributed by atoms with van der Waals surface area (Å²) in [7, 11) is -1.91. The van der Waals surface area contributed by atoms with Gasteiger partial charge in [0.25, 0.3) is 0 Å². The number of anilines is 2. The molecule has 1 unspecified atom stereocenters. The van der Waals surface area contributed by atoms with Crippen molar-refractivity contribution in [2.24, 2.45) is 0 Å². The number of hydrogen-bond acceptors (Lipinski definition) is 7. The normalized spacial score (nSPS) is 16.1. The Morgan fingerprint density at radius 2 is 1.60 bits per heavy atom. The van der Waals surface area contributed by atoms with E-state index in [2.05, 4.69) is 37.9 Å². The number of sulfonamides is 1. The molecule has 9 heteroatoms. The highest BCUT2D eigenvalue weighted by Crippen LogP contribution is 2.30. The van der Waals surface area contributed by atoms with E-state index in [9.17, 15) is 8.42 Å². The van der Waals surface area contributed by atoms with Crippen molar-refractivity contribution in [1.29, 1.82) is 0 Å². The maximum absolute atomic E-state index is 13.4. The second kappa shape index (κ2) is 11.2. The zero-order chi connectivity index (χ0) is 28.5. The molecule has 0 bridgehead atoms. The molecule has 2 heterocycles. The van der Waals surface area contributed by atoms with Crippen molar-refractivity contribution in [2.75, 3.05) is 38.6 Å². The number of hydrogen-bond donors (Lipinski definition) is 1. The minimum Gasteiger partial charge on any atom is -0.497 e. The fraction of sp³-hybridized carbons (Fsp3) is 0.355. The van der Waals surface area contributed by atoms with Gasteiger partial charge >= 0.3 is 0 Å². The van der Waals surface area contributed by atoms with Gasteiger partial charge in [0.1, 0.15) is 17.4 Å². The van der Waals surface area contributed by atoms with Crippen molar-refractivity contribution in [2.45, 2.75) is 44.0 Å². The zero-order valence-electron chi connectivity index (χ0n) is 23.8. The minimum absolute atomic E-state index is 0.0295. The van der Waals surface area contributed by atoms with Crippen molar-refractivity contribution < 1.29 is 13.2 Å². The lowest BCUT2D eigenvalue weighted by Crippen LogP contribution is -2.49. The predicted molar refractivity (Wildman–Crippen MR) is 160 cm³/mol.